The van der Waals surface area contributed by atoms with Crippen LogP contribution in [0.1, 0.15) is 38.5 Å². The van der Waals surface area contributed by atoms with Crippen LogP contribution in [-0.2, 0) is 0 Å². The molecule has 1 aliphatic heterocycles. The average Bonchev–Trinajstić information content (AvgIpc) is 2.23. The number of nitrogens with two attached hydrogens (primary N) is 1. The van der Waals surface area contributed by atoms with E-state index in [1.807, 2.05) is 0 Å². The molecule has 2 fully saturated rings. The molecular formula is C12H24N2S. The maximum absolute atomic E-state index is 5.93. The lowest BCUT2D eigenvalue weighted by Crippen LogP contribution is -2.54. The van der Waals surface area contributed by atoms with Crippen LogP contribution in [0.2, 0.25) is 0 Å². The van der Waals surface area contributed by atoms with Gasteiger partial charge in [-0.25, -0.2) is 0 Å². The van der Waals surface area contributed by atoms with Gasteiger partial charge in [0.25, 0.3) is 0 Å². The highest BCUT2D eigenvalue weighted by Crippen LogP contribution is 2.30. The van der Waals surface area contributed by atoms with Crippen LogP contribution in [-0.4, -0.2) is 30.1 Å². The minimum absolute atomic E-state index is 0.287. The molecular weight excluding hydrogens is 204 g/mol. The molecule has 2 rings (SSSR count). The first-order valence-electron chi connectivity index (χ1n) is 6.37. The standard InChI is InChI=1S/C12H24N2S/c13-10-12(5-8-15-9-6-12)14-7-4-11-2-1-3-11/h11,14H,1-10,13H2. The first-order valence-corrected chi connectivity index (χ1v) is 7.53. The predicted molar refractivity (Wildman–Crippen MR) is 68.3 cm³/mol. The molecule has 0 spiro atoms. The second-order valence-electron chi connectivity index (χ2n) is 5.11. The molecule has 0 bridgehead atoms. The van der Waals surface area contributed by atoms with Crippen LogP contribution in [0, 0.1) is 5.92 Å². The van der Waals surface area contributed by atoms with Crippen molar-refractivity contribution in [3.63, 3.8) is 0 Å². The number of nitrogens with one attached hydrogen (secondary N) is 1. The van der Waals surface area contributed by atoms with Crippen molar-refractivity contribution < 1.29 is 0 Å². The van der Waals surface area contributed by atoms with Gasteiger partial charge in [-0.05, 0) is 43.2 Å². The Labute approximate surface area is 97.8 Å². The molecule has 0 radical (unpaired) electrons. The van der Waals surface area contributed by atoms with E-state index in [0.29, 0.717) is 0 Å². The normalized spacial score (nSPS) is 26.2. The van der Waals surface area contributed by atoms with E-state index in [4.69, 9.17) is 5.73 Å². The van der Waals surface area contributed by atoms with Gasteiger partial charge in [0.15, 0.2) is 0 Å². The topological polar surface area (TPSA) is 38.0 Å². The van der Waals surface area contributed by atoms with Gasteiger partial charge in [-0.3, -0.25) is 0 Å². The van der Waals surface area contributed by atoms with Crippen molar-refractivity contribution in [3.8, 4) is 0 Å². The fourth-order valence-corrected chi connectivity index (χ4v) is 3.81. The van der Waals surface area contributed by atoms with E-state index >= 15 is 0 Å². The molecule has 1 saturated heterocycles. The molecule has 0 amide bonds. The molecule has 0 aromatic heterocycles. The van der Waals surface area contributed by atoms with Gasteiger partial charge >= 0.3 is 0 Å². The lowest BCUT2D eigenvalue weighted by atomic mass is 9.82. The molecule has 0 unspecified atom stereocenters. The fraction of sp³-hybridized carbons (Fsp3) is 1.00. The third-order valence-corrected chi connectivity index (χ3v) is 5.10. The minimum Gasteiger partial charge on any atom is -0.329 e. The van der Waals surface area contributed by atoms with Crippen molar-refractivity contribution in [1.29, 1.82) is 0 Å². The largest absolute Gasteiger partial charge is 0.329 e. The van der Waals surface area contributed by atoms with Crippen molar-refractivity contribution in [2.45, 2.75) is 44.1 Å². The SMILES string of the molecule is NCC1(NCCC2CCC2)CCSCC1. The summed E-state index contributed by atoms with van der Waals surface area (Å²) < 4.78 is 0. The molecule has 0 atom stereocenters. The third-order valence-electron chi connectivity index (χ3n) is 4.12. The second kappa shape index (κ2) is 5.55. The molecule has 0 aromatic rings. The lowest BCUT2D eigenvalue weighted by molar-refractivity contribution is 0.255. The highest BCUT2D eigenvalue weighted by Gasteiger charge is 2.30. The molecule has 1 aliphatic carbocycles. The molecule has 15 heavy (non-hydrogen) atoms. The minimum atomic E-state index is 0.287. The molecule has 1 heterocycles. The molecule has 88 valence electrons. The summed E-state index contributed by atoms with van der Waals surface area (Å²) in [4.78, 5) is 0. The molecule has 1 saturated carbocycles. The van der Waals surface area contributed by atoms with E-state index in [-0.39, 0.29) is 5.54 Å². The quantitative estimate of drug-likeness (QED) is 0.756. The summed E-state index contributed by atoms with van der Waals surface area (Å²) in [7, 11) is 0. The van der Waals surface area contributed by atoms with Gasteiger partial charge in [-0.1, -0.05) is 19.3 Å². The maximum atomic E-state index is 5.93. The van der Waals surface area contributed by atoms with E-state index in [2.05, 4.69) is 17.1 Å². The smallest absolute Gasteiger partial charge is 0.0319 e. The van der Waals surface area contributed by atoms with E-state index in [0.717, 1.165) is 12.5 Å². The average molecular weight is 228 g/mol. The zero-order valence-electron chi connectivity index (χ0n) is 9.63. The molecule has 3 heteroatoms. The zero-order chi connectivity index (χ0) is 10.6. The van der Waals surface area contributed by atoms with Crippen molar-refractivity contribution in [2.75, 3.05) is 24.6 Å². The Balaban J connectivity index is 1.69. The van der Waals surface area contributed by atoms with Crippen LogP contribution in [0.25, 0.3) is 0 Å². The van der Waals surface area contributed by atoms with Crippen LogP contribution in [0.5, 0.6) is 0 Å². The number of hydrogen-bond acceptors (Lipinski definition) is 3. The van der Waals surface area contributed by atoms with Gasteiger partial charge in [-0.2, -0.15) is 11.8 Å². The van der Waals surface area contributed by atoms with Gasteiger partial charge < -0.3 is 11.1 Å². The molecule has 2 aliphatic rings. The first-order chi connectivity index (χ1) is 7.35. The Hall–Kier alpha value is 0.270. The highest BCUT2D eigenvalue weighted by atomic mass is 32.2. The Bertz CT molecular complexity index is 186. The Morgan fingerprint density at radius 2 is 2.00 bits per heavy atom. The predicted octanol–water partition coefficient (Wildman–Crippen LogP) is 1.99. The summed E-state index contributed by atoms with van der Waals surface area (Å²) in [6.45, 7) is 2.00. The number of rotatable bonds is 5. The number of hydrogen-bond donors (Lipinski definition) is 2. The van der Waals surface area contributed by atoms with E-state index < -0.39 is 0 Å². The van der Waals surface area contributed by atoms with Crippen LogP contribution in [0.4, 0.5) is 0 Å². The highest BCUT2D eigenvalue weighted by molar-refractivity contribution is 7.99. The fourth-order valence-electron chi connectivity index (χ4n) is 2.54. The summed E-state index contributed by atoms with van der Waals surface area (Å²) in [5.41, 5.74) is 6.22. The maximum Gasteiger partial charge on any atom is 0.0319 e. The van der Waals surface area contributed by atoms with Crippen LogP contribution in [0.3, 0.4) is 0 Å². The third kappa shape index (κ3) is 3.11. The van der Waals surface area contributed by atoms with Crippen LogP contribution >= 0.6 is 11.8 Å². The van der Waals surface area contributed by atoms with Gasteiger partial charge in [0.05, 0.1) is 0 Å². The Morgan fingerprint density at radius 3 is 2.53 bits per heavy atom. The van der Waals surface area contributed by atoms with Crippen molar-refractivity contribution in [1.82, 2.24) is 5.32 Å². The lowest BCUT2D eigenvalue weighted by Gasteiger charge is -2.38. The summed E-state index contributed by atoms with van der Waals surface area (Å²) in [6, 6.07) is 0. The number of thioether (sulfide) groups is 1. The molecule has 2 nitrogen and oxygen atoms in total. The Morgan fingerprint density at radius 1 is 1.27 bits per heavy atom. The summed E-state index contributed by atoms with van der Waals surface area (Å²) in [5, 5.41) is 3.75. The van der Waals surface area contributed by atoms with Gasteiger partial charge in [-0.15, -0.1) is 0 Å². The Kier molecular flexibility index (Phi) is 4.35. The molecule has 3 N–H and O–H groups in total. The monoisotopic (exact) mass is 228 g/mol. The summed E-state index contributed by atoms with van der Waals surface area (Å²) in [6.07, 6.45) is 8.29. The van der Waals surface area contributed by atoms with E-state index in [1.165, 1.54) is 56.6 Å². The van der Waals surface area contributed by atoms with Crippen molar-refractivity contribution in [2.24, 2.45) is 11.7 Å². The summed E-state index contributed by atoms with van der Waals surface area (Å²) >= 11 is 2.07. The van der Waals surface area contributed by atoms with Crippen LogP contribution < -0.4 is 11.1 Å². The van der Waals surface area contributed by atoms with Crippen molar-refractivity contribution >= 4 is 11.8 Å². The zero-order valence-corrected chi connectivity index (χ0v) is 10.5. The van der Waals surface area contributed by atoms with Gasteiger partial charge in [0.1, 0.15) is 0 Å². The van der Waals surface area contributed by atoms with E-state index in [9.17, 15) is 0 Å². The van der Waals surface area contributed by atoms with E-state index in [1.54, 1.807) is 0 Å². The first kappa shape index (κ1) is 11.7. The van der Waals surface area contributed by atoms with Crippen LogP contribution in [0.15, 0.2) is 0 Å². The summed E-state index contributed by atoms with van der Waals surface area (Å²) in [5.74, 6) is 3.59. The second-order valence-corrected chi connectivity index (χ2v) is 6.33. The molecule has 0 aromatic carbocycles. The van der Waals surface area contributed by atoms with Gasteiger partial charge in [0.2, 0.25) is 0 Å². The van der Waals surface area contributed by atoms with Crippen molar-refractivity contribution in [3.05, 3.63) is 0 Å². The van der Waals surface area contributed by atoms with Gasteiger partial charge in [0, 0.05) is 12.1 Å².